The molecule has 0 saturated heterocycles. The van der Waals surface area contributed by atoms with Gasteiger partial charge in [0.25, 0.3) is 18.5 Å². The van der Waals surface area contributed by atoms with Crippen LogP contribution < -0.4 is 11.1 Å². The van der Waals surface area contributed by atoms with Crippen LogP contribution in [0, 0.1) is 0 Å². The van der Waals surface area contributed by atoms with Gasteiger partial charge in [0.2, 0.25) is 5.54 Å². The van der Waals surface area contributed by atoms with Gasteiger partial charge in [0.15, 0.2) is 0 Å². The lowest BCUT2D eigenvalue weighted by Crippen LogP contribution is -2.72. The number of hydrogen-bond acceptors (Lipinski definition) is 3. The number of halogens is 10. The van der Waals surface area contributed by atoms with Crippen LogP contribution in [0.2, 0.25) is 0 Å². The fourth-order valence-electron chi connectivity index (χ4n) is 1.54. The third kappa shape index (κ3) is 1.98. The molecule has 1 rings (SSSR count). The van der Waals surface area contributed by atoms with Gasteiger partial charge in [-0.3, -0.25) is 5.32 Å². The summed E-state index contributed by atoms with van der Waals surface area (Å²) >= 11 is 0. The molecule has 1 aliphatic heterocycles. The van der Waals surface area contributed by atoms with Crippen molar-refractivity contribution in [1.29, 1.82) is 0 Å². The Labute approximate surface area is 103 Å². The molecule has 0 saturated carbocycles. The van der Waals surface area contributed by atoms with Gasteiger partial charge in [0, 0.05) is 0 Å². The van der Waals surface area contributed by atoms with Crippen LogP contribution in [0.3, 0.4) is 0 Å². The zero-order valence-corrected chi connectivity index (χ0v) is 8.96. The molecule has 1 heterocycles. The second-order valence-electron chi connectivity index (χ2n) is 3.79. The van der Waals surface area contributed by atoms with Crippen molar-refractivity contribution < 1.29 is 43.9 Å². The quantitative estimate of drug-likeness (QED) is 0.765. The molecule has 0 fully saturated rings. The molecule has 13 heteroatoms. The summed E-state index contributed by atoms with van der Waals surface area (Å²) in [6, 6.07) is 0. The lowest BCUT2D eigenvalue weighted by Gasteiger charge is -2.36. The minimum Gasteiger partial charge on any atom is -0.385 e. The van der Waals surface area contributed by atoms with Crippen molar-refractivity contribution in [2.24, 2.45) is 10.7 Å². The molecule has 118 valence electrons. The van der Waals surface area contributed by atoms with Crippen LogP contribution in [0.5, 0.6) is 0 Å². The Hall–Kier alpha value is -1.27. The first-order chi connectivity index (χ1) is 8.72. The minimum absolute atomic E-state index is 0.168. The average Bonchev–Trinajstić information content (AvgIpc) is 2.52. The van der Waals surface area contributed by atoms with Gasteiger partial charge in [-0.15, -0.1) is 0 Å². The van der Waals surface area contributed by atoms with Crippen molar-refractivity contribution >= 4 is 5.84 Å². The van der Waals surface area contributed by atoms with E-state index in [9.17, 15) is 43.9 Å². The minimum atomic E-state index is -6.08. The van der Waals surface area contributed by atoms with Crippen molar-refractivity contribution in [1.82, 2.24) is 5.32 Å². The molecule has 0 radical (unpaired) electrons. The Balaban J connectivity index is 3.51. The van der Waals surface area contributed by atoms with Gasteiger partial charge in [0.1, 0.15) is 5.84 Å². The fourth-order valence-corrected chi connectivity index (χ4v) is 1.54. The van der Waals surface area contributed by atoms with E-state index < -0.39 is 42.2 Å². The van der Waals surface area contributed by atoms with E-state index in [-0.39, 0.29) is 5.32 Å². The summed E-state index contributed by atoms with van der Waals surface area (Å²) in [7, 11) is 0. The summed E-state index contributed by atoms with van der Waals surface area (Å²) in [5.74, 6) is -2.31. The molecule has 0 aliphatic carbocycles. The van der Waals surface area contributed by atoms with Crippen LogP contribution in [0.4, 0.5) is 43.9 Å². The SMILES string of the molecule is NC1=NC(C(F)F)(C(F)(F)F)NC1(C(F)F)C(F)(F)F. The number of aliphatic imine (C=N–C) groups is 1. The van der Waals surface area contributed by atoms with Crippen LogP contribution in [0.25, 0.3) is 0 Å². The summed E-state index contributed by atoms with van der Waals surface area (Å²) in [6.07, 6.45) is -21.3. The number of nitrogens with zero attached hydrogens (tertiary/aromatic N) is 1. The van der Waals surface area contributed by atoms with Crippen molar-refractivity contribution in [3.05, 3.63) is 0 Å². The average molecular weight is 321 g/mol. The molecule has 0 spiro atoms. The Morgan fingerprint density at radius 3 is 1.50 bits per heavy atom. The normalized spacial score (nSPS) is 32.1. The van der Waals surface area contributed by atoms with Gasteiger partial charge in [0.05, 0.1) is 0 Å². The second-order valence-corrected chi connectivity index (χ2v) is 3.79. The molecule has 2 atom stereocenters. The Morgan fingerprint density at radius 1 is 0.900 bits per heavy atom. The third-order valence-electron chi connectivity index (χ3n) is 2.61. The van der Waals surface area contributed by atoms with Crippen molar-refractivity contribution in [3.63, 3.8) is 0 Å². The largest absolute Gasteiger partial charge is 0.432 e. The van der Waals surface area contributed by atoms with Crippen LogP contribution in [0.15, 0.2) is 4.99 Å². The molecule has 20 heavy (non-hydrogen) atoms. The van der Waals surface area contributed by atoms with E-state index in [0.29, 0.717) is 0 Å². The monoisotopic (exact) mass is 321 g/mol. The van der Waals surface area contributed by atoms with Gasteiger partial charge in [-0.05, 0) is 0 Å². The first-order valence-corrected chi connectivity index (χ1v) is 4.57. The number of alkyl halides is 10. The van der Waals surface area contributed by atoms with Gasteiger partial charge in [-0.1, -0.05) is 0 Å². The van der Waals surface area contributed by atoms with E-state index in [0.717, 1.165) is 0 Å². The van der Waals surface area contributed by atoms with E-state index in [4.69, 9.17) is 0 Å². The summed E-state index contributed by atoms with van der Waals surface area (Å²) in [4.78, 5) is 1.94. The number of nitrogens with two attached hydrogens (primary N) is 1. The van der Waals surface area contributed by atoms with Crippen molar-refractivity contribution in [2.45, 2.75) is 36.4 Å². The fraction of sp³-hybridized carbons (Fsp3) is 0.857. The van der Waals surface area contributed by atoms with Crippen LogP contribution >= 0.6 is 0 Å². The molecule has 1 aliphatic rings. The van der Waals surface area contributed by atoms with E-state index in [2.05, 4.69) is 5.73 Å². The molecule has 0 aromatic rings. The summed E-state index contributed by atoms with van der Waals surface area (Å²) < 4.78 is 126. The highest BCUT2D eigenvalue weighted by molar-refractivity contribution is 5.94. The summed E-state index contributed by atoms with van der Waals surface area (Å²) in [5.41, 5.74) is -5.17. The van der Waals surface area contributed by atoms with Crippen LogP contribution in [-0.2, 0) is 0 Å². The van der Waals surface area contributed by atoms with Crippen molar-refractivity contribution in [2.75, 3.05) is 0 Å². The lowest BCUT2D eigenvalue weighted by molar-refractivity contribution is -0.256. The van der Waals surface area contributed by atoms with Gasteiger partial charge in [-0.2, -0.15) is 26.3 Å². The maximum Gasteiger partial charge on any atom is 0.432 e. The lowest BCUT2D eigenvalue weighted by atomic mass is 9.97. The topological polar surface area (TPSA) is 50.4 Å². The molecule has 3 nitrogen and oxygen atoms in total. The standard InChI is InChI=1S/C7H5F10N3/c8-1(9)4(6(12,13)14)3(18)19-5(20-4,2(10)11)7(15,16)17/h1-2,20H,(H2,18,19). The second kappa shape index (κ2) is 4.36. The molecule has 0 bridgehead atoms. The first-order valence-electron chi connectivity index (χ1n) is 4.57. The van der Waals surface area contributed by atoms with Gasteiger partial charge in [-0.25, -0.2) is 22.6 Å². The molecule has 3 N–H and O–H groups in total. The van der Waals surface area contributed by atoms with Gasteiger partial charge >= 0.3 is 12.4 Å². The molecular formula is C7H5F10N3. The first kappa shape index (κ1) is 16.8. The number of hydrogen-bond donors (Lipinski definition) is 2. The Kier molecular flexibility index (Phi) is 3.66. The summed E-state index contributed by atoms with van der Waals surface area (Å²) in [6.45, 7) is 0. The maximum atomic E-state index is 12.6. The molecule has 2 unspecified atom stereocenters. The zero-order valence-electron chi connectivity index (χ0n) is 8.96. The summed E-state index contributed by atoms with van der Waals surface area (Å²) in [5, 5.41) is 0.168. The highest BCUT2D eigenvalue weighted by atomic mass is 19.4. The molecule has 0 aromatic heterocycles. The van der Waals surface area contributed by atoms with Crippen LogP contribution in [-0.4, -0.2) is 42.2 Å². The third-order valence-corrected chi connectivity index (χ3v) is 2.61. The molecule has 0 aromatic carbocycles. The maximum absolute atomic E-state index is 12.6. The predicted octanol–water partition coefficient (Wildman–Crippen LogP) is 2.04. The number of rotatable bonds is 2. The molecular weight excluding hydrogens is 316 g/mol. The van der Waals surface area contributed by atoms with Crippen LogP contribution in [0.1, 0.15) is 0 Å². The zero-order chi connectivity index (χ0) is 16.1. The highest BCUT2D eigenvalue weighted by Crippen LogP contribution is 2.47. The number of nitrogens with one attached hydrogen (secondary N) is 1. The van der Waals surface area contributed by atoms with E-state index in [1.807, 2.05) is 4.99 Å². The predicted molar refractivity (Wildman–Crippen MR) is 44.3 cm³/mol. The Morgan fingerprint density at radius 2 is 1.35 bits per heavy atom. The van der Waals surface area contributed by atoms with Gasteiger partial charge < -0.3 is 5.73 Å². The smallest absolute Gasteiger partial charge is 0.385 e. The molecule has 0 amide bonds. The van der Waals surface area contributed by atoms with E-state index >= 15 is 0 Å². The van der Waals surface area contributed by atoms with E-state index in [1.54, 1.807) is 0 Å². The number of amidine groups is 1. The highest BCUT2D eigenvalue weighted by Gasteiger charge is 2.77. The van der Waals surface area contributed by atoms with E-state index in [1.165, 1.54) is 0 Å². The Bertz CT molecular complexity index is 412. The van der Waals surface area contributed by atoms with Crippen molar-refractivity contribution in [3.8, 4) is 0 Å².